The first-order valence-electron chi connectivity index (χ1n) is 48.2. The number of ketones is 2. The van der Waals surface area contributed by atoms with E-state index in [1.54, 1.807) is 60.0 Å². The minimum Gasteiger partial charge on any atom is -0.444 e. The van der Waals surface area contributed by atoms with Gasteiger partial charge < -0.3 is 65.1 Å². The van der Waals surface area contributed by atoms with Gasteiger partial charge in [-0.05, 0) is 198 Å². The van der Waals surface area contributed by atoms with E-state index < -0.39 is 34.0 Å². The first kappa shape index (κ1) is 118. The van der Waals surface area contributed by atoms with Crippen molar-refractivity contribution in [1.29, 1.82) is 0 Å². The third kappa shape index (κ3) is 35.0. The van der Waals surface area contributed by atoms with Gasteiger partial charge in [0.2, 0.25) is 29.5 Å². The molecule has 6 aliphatic heterocycles. The minimum absolute atomic E-state index is 0. The Morgan fingerprint density at radius 2 is 0.854 bits per heavy atom. The molecule has 0 spiro atoms. The van der Waals surface area contributed by atoms with Crippen molar-refractivity contribution in [3.8, 4) is 0 Å². The van der Waals surface area contributed by atoms with Crippen molar-refractivity contribution in [2.24, 2.45) is 28.7 Å². The lowest BCUT2D eigenvalue weighted by Gasteiger charge is -2.30. The van der Waals surface area contributed by atoms with Crippen molar-refractivity contribution >= 4 is 146 Å². The van der Waals surface area contributed by atoms with Gasteiger partial charge in [-0.3, -0.25) is 56.9 Å². The molecule has 0 radical (unpaired) electrons. The van der Waals surface area contributed by atoms with Crippen LogP contribution in [-0.2, 0) is 150 Å². The number of aliphatic imine (C=N–C) groups is 1. The third-order valence-electron chi connectivity index (χ3n) is 24.9. The van der Waals surface area contributed by atoms with Crippen LogP contribution in [0.5, 0.6) is 0 Å². The first-order valence-corrected chi connectivity index (χ1v) is 50.4. The Kier molecular flexibility index (Phi) is 44.5. The SMILES string of the molecule is C.C.C.CC(C)(C)OC(=O)N1CCn2ncc(CC(=O)C3CCCC3)c2C1.CC(C)(C)OC(=O)N1CCn2ncc(I)c2C1.CC(C)(C)OC(=O)N1CCn2ncc(N)c2C1.CC(C)(C)OC(=O)N1CCn2ncc(NC=O)c2C1.O=C(Cc1cnn2c1CNCC2)C1CCCC1.O=C(Cl)C1CCCC1.O=C(Nc1cnn2c1CN(C(=O)Cc1ccc(F)c(Cl)c1)CC2)C1CCCC1.O=C=Nc1ccc(Cl)c(F)c1. The highest BCUT2D eigenvalue weighted by atomic mass is 127. The fraction of sp³-hybridized carbons (Fsp3) is 0.594. The summed E-state index contributed by atoms with van der Waals surface area (Å²) in [6.07, 6.45) is 29.7. The highest BCUT2D eigenvalue weighted by Gasteiger charge is 2.36. The van der Waals surface area contributed by atoms with Crippen molar-refractivity contribution in [3.63, 3.8) is 0 Å². The van der Waals surface area contributed by atoms with Crippen molar-refractivity contribution in [2.45, 2.75) is 328 Å². The van der Waals surface area contributed by atoms with Gasteiger partial charge in [0.25, 0.3) is 0 Å². The number of nitrogens with two attached hydrogens (primary N) is 1. The molecular formula is C101H144Cl3F2IN22O15. The van der Waals surface area contributed by atoms with E-state index in [9.17, 15) is 61.5 Å². The molecular weight excluding hydrogens is 2030 g/mol. The van der Waals surface area contributed by atoms with Gasteiger partial charge in [-0.15, -0.1) is 0 Å². The van der Waals surface area contributed by atoms with E-state index in [1.165, 1.54) is 61.7 Å². The molecule has 0 bridgehead atoms. The number of carbonyl (C=O) groups excluding carboxylic acids is 11. The molecule has 10 aliphatic rings. The van der Waals surface area contributed by atoms with Crippen LogP contribution in [0, 0.1) is 38.9 Å². The lowest BCUT2D eigenvalue weighted by Crippen LogP contribution is -2.41. The van der Waals surface area contributed by atoms with Crippen LogP contribution < -0.4 is 21.7 Å². The van der Waals surface area contributed by atoms with E-state index in [-0.39, 0.29) is 104 Å². The van der Waals surface area contributed by atoms with Gasteiger partial charge in [0.05, 0.1) is 186 Å². The average molecular weight is 2180 g/mol. The van der Waals surface area contributed by atoms with Crippen molar-refractivity contribution in [2.75, 3.05) is 55.6 Å². The van der Waals surface area contributed by atoms with Crippen molar-refractivity contribution in [3.05, 3.63) is 150 Å². The van der Waals surface area contributed by atoms with Gasteiger partial charge in [0.1, 0.15) is 45.6 Å². The Morgan fingerprint density at radius 3 is 1.31 bits per heavy atom. The average Bonchev–Trinajstić information content (AvgIpc) is 1.66. The van der Waals surface area contributed by atoms with Crippen LogP contribution >= 0.6 is 57.4 Å². The summed E-state index contributed by atoms with van der Waals surface area (Å²) in [6, 6.07) is 8.14. The van der Waals surface area contributed by atoms with Gasteiger partial charge in [0, 0.05) is 99.5 Å². The van der Waals surface area contributed by atoms with Crippen molar-refractivity contribution in [1.82, 2.24) is 88.5 Å². The fourth-order valence-corrected chi connectivity index (χ4v) is 18.6. The lowest BCUT2D eigenvalue weighted by atomic mass is 9.96. The normalized spacial score (nSPS) is 16.3. The maximum Gasteiger partial charge on any atom is 0.410 e. The number of nitrogens with one attached hydrogen (secondary N) is 3. The highest BCUT2D eigenvalue weighted by molar-refractivity contribution is 14.1. The molecule has 7 amide bonds. The Bertz CT molecular complexity index is 5640. The van der Waals surface area contributed by atoms with Gasteiger partial charge >= 0.3 is 24.4 Å². The molecule has 5 N–H and O–H groups in total. The Labute approximate surface area is 871 Å². The summed E-state index contributed by atoms with van der Waals surface area (Å²) in [5, 5.41) is 34.4. The number of rotatable bonds is 14. The molecule has 144 heavy (non-hydrogen) atoms. The molecule has 4 fully saturated rings. The lowest BCUT2D eigenvalue weighted by molar-refractivity contribution is -0.132. The summed E-state index contributed by atoms with van der Waals surface area (Å²) in [5.74, 6) is 0.415. The molecule has 0 unspecified atom stereocenters. The number of amides is 7. The quantitative estimate of drug-likeness (QED) is 0.0196. The molecule has 8 aromatic rings. The zero-order chi connectivity index (χ0) is 102. The van der Waals surface area contributed by atoms with Gasteiger partial charge in [-0.2, -0.15) is 35.6 Å². The summed E-state index contributed by atoms with van der Waals surface area (Å²) in [6.45, 7) is 33.4. The van der Waals surface area contributed by atoms with E-state index in [2.05, 4.69) is 74.1 Å². The number of hydrogen-bond donors (Lipinski definition) is 4. The standard InChI is InChI=1S/C20H22ClFN4O2.C18H27N3O3.C13H19N3O.C12H18N4O3.C11H16IN3O2.C11H18N4O2.C7H3ClFNO.C6H9ClO.3CH4/c21-15-9-13(5-6-16(15)22)10-19(27)25-7-8-26-18(12-25)17(11-23-26)24-20(28)14-3-1-2-4-14;1-18(2,3)24-17(23)20-8-9-21-15(12-20)14(11-19-21)10-16(22)13-6-4-5-7-13;17-13(10-3-1-2-4-10)7-11-8-15-16-6-5-14-9-12(11)16;1-12(2,3)19-11(18)15-4-5-16-10(7-15)9(6-14-16)13-8-17;2*1-11(2,3)17-10(16)14-4-5-15-9(7-14)8(12)6-13-15;8-6-2-1-5(10-4-11)3-7(6)9;7-6(8)5-3-1-2-4-5;;;/h5-6,9,11,14H,1-4,7-8,10,12H2,(H,24,28);11,13H,4-10,12H2,1-3H3;8,10,14H,1-7,9H2;6,8H,4-5,7H2,1-3H3,(H,13,17);6H,4-5,7H2,1-3H3;6H,4-5,7,12H2,1-3H3;1-3H;5H,1-4H2;3*1H4. The number of Topliss-reactive ketones (excluding diaryl/α,β-unsaturated/α-hetero) is 2. The van der Waals surface area contributed by atoms with E-state index in [0.717, 1.165) is 152 Å². The number of hydrogen-bond acceptors (Lipinski definition) is 24. The van der Waals surface area contributed by atoms with Crippen LogP contribution in [0.3, 0.4) is 0 Å². The molecule has 43 heteroatoms. The second-order valence-corrected chi connectivity index (χ2v) is 42.5. The molecule has 4 saturated carbocycles. The zero-order valence-electron chi connectivity index (χ0n) is 82.5. The molecule has 37 nitrogen and oxygen atoms in total. The minimum atomic E-state index is -0.594. The number of fused-ring (bicyclic) bond motifs is 6. The molecule has 790 valence electrons. The number of anilines is 3. The third-order valence-corrected chi connectivity index (χ3v) is 26.7. The van der Waals surface area contributed by atoms with Crippen LogP contribution in [0.4, 0.5) is 50.7 Å². The summed E-state index contributed by atoms with van der Waals surface area (Å²) in [7, 11) is 0. The highest BCUT2D eigenvalue weighted by Crippen LogP contribution is 2.35. The molecule has 18 rings (SSSR count). The first-order chi connectivity index (χ1) is 66.9. The van der Waals surface area contributed by atoms with E-state index in [0.29, 0.717) is 151 Å². The van der Waals surface area contributed by atoms with Crippen LogP contribution in [0.2, 0.25) is 10.0 Å². The van der Waals surface area contributed by atoms with E-state index >= 15 is 0 Å². The number of benzene rings is 2. The Hall–Kier alpha value is -11.2. The molecule has 0 atom stereocenters. The summed E-state index contributed by atoms with van der Waals surface area (Å²) < 4.78 is 59.8. The monoisotopic (exact) mass is 2170 g/mol. The molecule has 6 aromatic heterocycles. The number of nitrogen functional groups attached to an aromatic ring is 1. The van der Waals surface area contributed by atoms with Crippen LogP contribution in [0.1, 0.15) is 259 Å². The van der Waals surface area contributed by atoms with E-state index in [4.69, 9.17) is 59.5 Å². The number of carbonyl (C=O) groups is 10. The number of halogens is 6. The summed E-state index contributed by atoms with van der Waals surface area (Å²) in [4.78, 5) is 140. The molecule has 12 heterocycles. The topological polar surface area (TPSA) is 422 Å². The maximum absolute atomic E-state index is 13.3. The summed E-state index contributed by atoms with van der Waals surface area (Å²) >= 11 is 18.7. The van der Waals surface area contributed by atoms with Crippen molar-refractivity contribution < 1.29 is 80.5 Å². The fourth-order valence-electron chi connectivity index (χ4n) is 17.5. The van der Waals surface area contributed by atoms with Crippen LogP contribution in [-0.4, -0.2) is 210 Å². The predicted octanol–water partition coefficient (Wildman–Crippen LogP) is 18.6. The van der Waals surface area contributed by atoms with Gasteiger partial charge in [-0.25, -0.2) is 32.8 Å². The Morgan fingerprint density at radius 1 is 0.465 bits per heavy atom. The van der Waals surface area contributed by atoms with Gasteiger partial charge in [0.15, 0.2) is 0 Å². The second-order valence-electron chi connectivity index (χ2n) is 40.2. The number of isocyanates is 1. The second kappa shape index (κ2) is 54.3. The number of nitrogens with zero attached hydrogens (tertiary/aromatic N) is 18. The maximum atomic E-state index is 13.3. The largest absolute Gasteiger partial charge is 0.444 e. The summed E-state index contributed by atoms with van der Waals surface area (Å²) in [5.41, 5.74) is 14.5. The predicted molar refractivity (Wildman–Crippen MR) is 553 cm³/mol. The zero-order valence-corrected chi connectivity index (χ0v) is 86.9. The number of ether oxygens (including phenoxy) is 4. The Balaban J connectivity index is 0.000000204. The molecule has 2 aromatic carbocycles. The van der Waals surface area contributed by atoms with Gasteiger partial charge in [-0.1, -0.05) is 103 Å². The number of aromatic nitrogens is 12. The van der Waals surface area contributed by atoms with Crippen LogP contribution in [0.25, 0.3) is 0 Å². The van der Waals surface area contributed by atoms with E-state index in [1.807, 2.05) is 119 Å². The molecule has 0 saturated heterocycles. The molecule has 4 aliphatic carbocycles. The smallest absolute Gasteiger partial charge is 0.410 e. The van der Waals surface area contributed by atoms with Crippen LogP contribution in [0.15, 0.2) is 78.6 Å².